The maximum atomic E-state index is 12.5. The molecule has 0 aromatic heterocycles. The van der Waals surface area contributed by atoms with E-state index < -0.39 is 10.1 Å². The molecule has 0 aliphatic heterocycles. The van der Waals surface area contributed by atoms with Crippen molar-refractivity contribution in [1.82, 2.24) is 0 Å². The van der Waals surface area contributed by atoms with E-state index in [1.165, 1.54) is 36.5 Å². The summed E-state index contributed by atoms with van der Waals surface area (Å²) in [4.78, 5) is -0.105. The lowest BCUT2D eigenvalue weighted by Crippen LogP contribution is -2.21. The van der Waals surface area contributed by atoms with Crippen molar-refractivity contribution in [3.8, 4) is 17.6 Å². The van der Waals surface area contributed by atoms with Crippen molar-refractivity contribution in [1.29, 1.82) is 5.26 Å². The van der Waals surface area contributed by atoms with E-state index in [1.807, 2.05) is 6.07 Å². The van der Waals surface area contributed by atoms with Crippen LogP contribution < -0.4 is 20.4 Å². The SMILES string of the molecule is Cc1cc(OCC/C=N\N=C(N)N)cc(OS(=O)(=O)c2cccc(C#N)c2)c1. The van der Waals surface area contributed by atoms with E-state index in [0.29, 0.717) is 12.2 Å². The molecular weight excluding hydrogens is 382 g/mol. The van der Waals surface area contributed by atoms with Crippen molar-refractivity contribution >= 4 is 22.3 Å². The van der Waals surface area contributed by atoms with E-state index >= 15 is 0 Å². The zero-order chi connectivity index (χ0) is 20.6. The number of nitriles is 1. The van der Waals surface area contributed by atoms with E-state index in [0.717, 1.165) is 5.56 Å². The molecule has 2 aromatic carbocycles. The van der Waals surface area contributed by atoms with Crippen molar-refractivity contribution in [2.45, 2.75) is 18.2 Å². The second-order valence-corrected chi connectivity index (χ2v) is 7.17. The van der Waals surface area contributed by atoms with Gasteiger partial charge in [0.25, 0.3) is 0 Å². The minimum absolute atomic E-state index is 0.103. The maximum absolute atomic E-state index is 12.5. The van der Waals surface area contributed by atoms with Gasteiger partial charge in [-0.15, -0.1) is 5.10 Å². The average molecular weight is 401 g/mol. The van der Waals surface area contributed by atoms with Gasteiger partial charge in [-0.25, -0.2) is 0 Å². The van der Waals surface area contributed by atoms with E-state index in [4.69, 9.17) is 25.6 Å². The molecule has 0 fully saturated rings. The third-order valence-corrected chi connectivity index (χ3v) is 4.50. The molecule has 0 saturated heterocycles. The highest BCUT2D eigenvalue weighted by Crippen LogP contribution is 2.26. The number of benzene rings is 2. The highest BCUT2D eigenvalue weighted by Gasteiger charge is 2.18. The lowest BCUT2D eigenvalue weighted by atomic mass is 10.2. The van der Waals surface area contributed by atoms with Crippen LogP contribution in [-0.2, 0) is 10.1 Å². The molecule has 0 aliphatic rings. The minimum Gasteiger partial charge on any atom is -0.493 e. The number of hydrogen-bond donors (Lipinski definition) is 2. The Morgan fingerprint density at radius 2 is 1.96 bits per heavy atom. The molecule has 146 valence electrons. The van der Waals surface area contributed by atoms with E-state index in [2.05, 4.69) is 10.2 Å². The zero-order valence-electron chi connectivity index (χ0n) is 15.1. The second kappa shape index (κ2) is 9.38. The molecule has 28 heavy (non-hydrogen) atoms. The lowest BCUT2D eigenvalue weighted by Gasteiger charge is -2.11. The maximum Gasteiger partial charge on any atom is 0.339 e. The molecule has 10 heteroatoms. The summed E-state index contributed by atoms with van der Waals surface area (Å²) < 4.78 is 35.7. The molecule has 0 heterocycles. The van der Waals surface area contributed by atoms with Crippen LogP contribution in [-0.4, -0.2) is 27.2 Å². The van der Waals surface area contributed by atoms with Crippen LogP contribution in [0.1, 0.15) is 17.5 Å². The van der Waals surface area contributed by atoms with Crippen molar-refractivity contribution in [3.63, 3.8) is 0 Å². The molecule has 0 radical (unpaired) electrons. The highest BCUT2D eigenvalue weighted by atomic mass is 32.2. The Hall–Kier alpha value is -3.58. The Morgan fingerprint density at radius 1 is 1.21 bits per heavy atom. The van der Waals surface area contributed by atoms with Crippen molar-refractivity contribution in [3.05, 3.63) is 53.6 Å². The summed E-state index contributed by atoms with van der Waals surface area (Å²) in [6, 6.07) is 12.3. The van der Waals surface area contributed by atoms with Gasteiger partial charge in [0.2, 0.25) is 5.96 Å². The Balaban J connectivity index is 2.09. The number of hydrogen-bond acceptors (Lipinski definition) is 7. The summed E-state index contributed by atoms with van der Waals surface area (Å²) in [7, 11) is -4.09. The minimum atomic E-state index is -4.09. The number of nitrogens with two attached hydrogens (primary N) is 2. The highest BCUT2D eigenvalue weighted by molar-refractivity contribution is 7.87. The fourth-order valence-corrected chi connectivity index (χ4v) is 3.10. The van der Waals surface area contributed by atoms with Crippen molar-refractivity contribution in [2.24, 2.45) is 21.7 Å². The molecule has 2 aromatic rings. The molecule has 0 saturated carbocycles. The largest absolute Gasteiger partial charge is 0.493 e. The normalized spacial score (nSPS) is 11.0. The summed E-state index contributed by atoms with van der Waals surface area (Å²) in [6.07, 6.45) is 1.93. The number of nitrogens with zero attached hydrogens (tertiary/aromatic N) is 3. The van der Waals surface area contributed by atoms with Crippen LogP contribution in [0.3, 0.4) is 0 Å². The van der Waals surface area contributed by atoms with Gasteiger partial charge in [-0.05, 0) is 42.8 Å². The molecule has 0 aliphatic carbocycles. The van der Waals surface area contributed by atoms with Crippen LogP contribution in [0.15, 0.2) is 57.6 Å². The van der Waals surface area contributed by atoms with Crippen LogP contribution >= 0.6 is 0 Å². The summed E-state index contributed by atoms with van der Waals surface area (Å²) >= 11 is 0. The number of rotatable bonds is 8. The summed E-state index contributed by atoms with van der Waals surface area (Å²) in [5.41, 5.74) is 11.3. The smallest absolute Gasteiger partial charge is 0.339 e. The molecule has 0 amide bonds. The molecule has 0 unspecified atom stereocenters. The standard InChI is InChI=1S/C18H19N5O4S/c1-13-8-15(26-7-3-6-22-23-18(20)21)11-16(9-13)27-28(24,25)17-5-2-4-14(10-17)12-19/h2,4-6,8-11H,3,7H2,1H3,(H4,20,21,23)/b22-6-. The predicted octanol–water partition coefficient (Wildman–Crippen LogP) is 1.66. The lowest BCUT2D eigenvalue weighted by molar-refractivity contribution is 0.329. The van der Waals surface area contributed by atoms with Crippen LogP contribution in [0.2, 0.25) is 0 Å². The predicted molar refractivity (Wildman–Crippen MR) is 105 cm³/mol. The summed E-state index contributed by atoms with van der Waals surface area (Å²) in [6.45, 7) is 2.06. The van der Waals surface area contributed by atoms with Crippen LogP contribution in [0.4, 0.5) is 0 Å². The van der Waals surface area contributed by atoms with Gasteiger partial charge in [0.15, 0.2) is 0 Å². The Morgan fingerprint density at radius 3 is 2.68 bits per heavy atom. The molecule has 0 spiro atoms. The van der Waals surface area contributed by atoms with Gasteiger partial charge in [-0.1, -0.05) is 6.07 Å². The van der Waals surface area contributed by atoms with Gasteiger partial charge in [0.1, 0.15) is 16.4 Å². The topological polar surface area (TPSA) is 153 Å². The van der Waals surface area contributed by atoms with Crippen LogP contribution in [0.25, 0.3) is 0 Å². The summed E-state index contributed by atoms with van der Waals surface area (Å²) in [5.74, 6) is 0.400. The van der Waals surface area contributed by atoms with Gasteiger partial charge in [0.05, 0.1) is 18.2 Å². The third kappa shape index (κ3) is 6.30. The van der Waals surface area contributed by atoms with Gasteiger partial charge in [-0.3, -0.25) is 0 Å². The average Bonchev–Trinajstić information content (AvgIpc) is 2.63. The first-order valence-corrected chi connectivity index (χ1v) is 9.50. The molecule has 4 N–H and O–H groups in total. The van der Waals surface area contributed by atoms with Gasteiger partial charge in [0, 0.05) is 18.7 Å². The fraction of sp³-hybridized carbons (Fsp3) is 0.167. The first-order valence-electron chi connectivity index (χ1n) is 8.10. The van der Waals surface area contributed by atoms with E-state index in [-0.39, 0.29) is 28.8 Å². The Bertz CT molecular complexity index is 1040. The van der Waals surface area contributed by atoms with Gasteiger partial charge < -0.3 is 20.4 Å². The number of ether oxygens (including phenoxy) is 1. The number of aryl methyl sites for hydroxylation is 1. The second-order valence-electron chi connectivity index (χ2n) is 5.62. The third-order valence-electron chi connectivity index (χ3n) is 3.25. The van der Waals surface area contributed by atoms with E-state index in [9.17, 15) is 8.42 Å². The molecule has 0 bridgehead atoms. The van der Waals surface area contributed by atoms with Crippen LogP contribution in [0, 0.1) is 18.3 Å². The molecular formula is C18H19N5O4S. The Labute approximate surface area is 163 Å². The molecule has 2 rings (SSSR count). The molecule has 9 nitrogen and oxygen atoms in total. The zero-order valence-corrected chi connectivity index (χ0v) is 15.9. The van der Waals surface area contributed by atoms with Crippen molar-refractivity contribution < 1.29 is 17.3 Å². The van der Waals surface area contributed by atoms with Gasteiger partial charge >= 0.3 is 10.1 Å². The van der Waals surface area contributed by atoms with Crippen LogP contribution in [0.5, 0.6) is 11.5 Å². The first kappa shape index (κ1) is 20.7. The Kier molecular flexibility index (Phi) is 6.95. The number of guanidine groups is 1. The first-order chi connectivity index (χ1) is 13.3. The quantitative estimate of drug-likeness (QED) is 0.224. The summed E-state index contributed by atoms with van der Waals surface area (Å²) in [5, 5.41) is 16.0. The molecule has 0 atom stereocenters. The monoisotopic (exact) mass is 401 g/mol. The van der Waals surface area contributed by atoms with E-state index in [1.54, 1.807) is 19.1 Å². The van der Waals surface area contributed by atoms with Crippen molar-refractivity contribution in [2.75, 3.05) is 6.61 Å². The van der Waals surface area contributed by atoms with Gasteiger partial charge in [-0.2, -0.15) is 18.8 Å². The fourth-order valence-electron chi connectivity index (χ4n) is 2.14.